The second-order valence-electron chi connectivity index (χ2n) is 3.96. The van der Waals surface area contributed by atoms with Crippen molar-refractivity contribution in [2.75, 3.05) is 13.7 Å². The number of halogens is 1. The molecule has 4 nitrogen and oxygen atoms in total. The summed E-state index contributed by atoms with van der Waals surface area (Å²) in [6.45, 7) is 2.87. The zero-order valence-corrected chi connectivity index (χ0v) is 11.1. The molecule has 0 aliphatic heterocycles. The van der Waals surface area contributed by atoms with E-state index in [1.807, 2.05) is 4.57 Å². The molecule has 96 valence electrons. The van der Waals surface area contributed by atoms with Gasteiger partial charge in [0.05, 0.1) is 13.2 Å². The van der Waals surface area contributed by atoms with Crippen molar-refractivity contribution in [3.63, 3.8) is 0 Å². The zero-order valence-electron chi connectivity index (χ0n) is 10.2. The second kappa shape index (κ2) is 5.41. The van der Waals surface area contributed by atoms with Gasteiger partial charge in [-0.1, -0.05) is 0 Å². The van der Waals surface area contributed by atoms with Gasteiger partial charge < -0.3 is 4.74 Å². The minimum atomic E-state index is -0.226. The molecule has 0 saturated heterocycles. The largest absolute Gasteiger partial charge is 0.383 e. The molecule has 0 fully saturated rings. The number of methoxy groups -OCH3 is 1. The van der Waals surface area contributed by atoms with E-state index in [2.05, 4.69) is 10.2 Å². The summed E-state index contributed by atoms with van der Waals surface area (Å²) in [5.74, 6) is 0.469. The first kappa shape index (κ1) is 12.9. The fraction of sp³-hybridized carbons (Fsp3) is 0.333. The third-order valence-electron chi connectivity index (χ3n) is 2.69. The normalized spacial score (nSPS) is 10.8. The van der Waals surface area contributed by atoms with Crippen molar-refractivity contribution in [2.24, 2.45) is 0 Å². The highest BCUT2D eigenvalue weighted by molar-refractivity contribution is 7.71. The summed E-state index contributed by atoms with van der Waals surface area (Å²) in [7, 11) is 1.63. The van der Waals surface area contributed by atoms with Crippen LogP contribution in [0.4, 0.5) is 4.39 Å². The first-order valence-corrected chi connectivity index (χ1v) is 5.95. The minimum Gasteiger partial charge on any atom is -0.383 e. The number of aromatic nitrogens is 3. The number of rotatable bonds is 4. The van der Waals surface area contributed by atoms with Gasteiger partial charge >= 0.3 is 0 Å². The smallest absolute Gasteiger partial charge is 0.195 e. The van der Waals surface area contributed by atoms with Crippen LogP contribution in [0.15, 0.2) is 18.2 Å². The maximum absolute atomic E-state index is 13.2. The molecule has 2 rings (SSSR count). The summed E-state index contributed by atoms with van der Waals surface area (Å²) >= 11 is 5.16. The summed E-state index contributed by atoms with van der Waals surface area (Å²) in [6, 6.07) is 4.88. The van der Waals surface area contributed by atoms with Crippen molar-refractivity contribution in [2.45, 2.75) is 13.5 Å². The number of aryl methyl sites for hydroxylation is 1. The number of benzene rings is 1. The van der Waals surface area contributed by atoms with Crippen molar-refractivity contribution in [1.82, 2.24) is 14.8 Å². The van der Waals surface area contributed by atoms with Gasteiger partial charge in [0.25, 0.3) is 0 Å². The van der Waals surface area contributed by atoms with Crippen molar-refractivity contribution in [3.8, 4) is 11.4 Å². The average Bonchev–Trinajstić information content (AvgIpc) is 2.72. The molecular formula is C12H14FN3OS. The van der Waals surface area contributed by atoms with Crippen LogP contribution >= 0.6 is 12.2 Å². The van der Waals surface area contributed by atoms with E-state index >= 15 is 0 Å². The number of nitrogens with zero attached hydrogens (tertiary/aromatic N) is 2. The maximum atomic E-state index is 13.2. The molecule has 0 spiro atoms. The van der Waals surface area contributed by atoms with Gasteiger partial charge in [-0.25, -0.2) is 4.39 Å². The Morgan fingerprint density at radius 1 is 1.50 bits per heavy atom. The van der Waals surface area contributed by atoms with Crippen LogP contribution in [0.3, 0.4) is 0 Å². The number of nitrogens with one attached hydrogen (secondary N) is 1. The molecule has 1 N–H and O–H groups in total. The number of hydrogen-bond acceptors (Lipinski definition) is 3. The lowest BCUT2D eigenvalue weighted by molar-refractivity contribution is 0.187. The van der Waals surface area contributed by atoms with E-state index in [-0.39, 0.29) is 5.82 Å². The monoisotopic (exact) mass is 267 g/mol. The van der Waals surface area contributed by atoms with Crippen LogP contribution in [0.25, 0.3) is 11.4 Å². The molecule has 1 aromatic heterocycles. The van der Waals surface area contributed by atoms with Crippen LogP contribution < -0.4 is 0 Å². The Balaban J connectivity index is 2.43. The van der Waals surface area contributed by atoms with E-state index in [1.165, 1.54) is 6.07 Å². The standard InChI is InChI=1S/C12H14FN3OS/c1-8-7-9(3-4-10(8)13)11-14-15-12(18)16(11)5-6-17-2/h3-4,7H,5-6H2,1-2H3,(H,15,18). The number of ether oxygens (including phenoxy) is 1. The second-order valence-corrected chi connectivity index (χ2v) is 4.35. The van der Waals surface area contributed by atoms with Gasteiger partial charge in [-0.2, -0.15) is 5.10 Å². The Kier molecular flexibility index (Phi) is 3.88. The lowest BCUT2D eigenvalue weighted by atomic mass is 10.1. The first-order chi connectivity index (χ1) is 8.63. The molecule has 18 heavy (non-hydrogen) atoms. The van der Waals surface area contributed by atoms with E-state index in [0.29, 0.717) is 29.3 Å². The van der Waals surface area contributed by atoms with Crippen molar-refractivity contribution < 1.29 is 9.13 Å². The highest BCUT2D eigenvalue weighted by Crippen LogP contribution is 2.20. The molecule has 0 aliphatic rings. The highest BCUT2D eigenvalue weighted by atomic mass is 32.1. The Labute approximate surface area is 109 Å². The van der Waals surface area contributed by atoms with Gasteiger partial charge in [0, 0.05) is 12.7 Å². The predicted molar refractivity (Wildman–Crippen MR) is 69.4 cm³/mol. The van der Waals surface area contributed by atoms with Crippen molar-refractivity contribution >= 4 is 12.2 Å². The Morgan fingerprint density at radius 3 is 2.94 bits per heavy atom. The van der Waals surface area contributed by atoms with E-state index in [4.69, 9.17) is 17.0 Å². The molecule has 6 heteroatoms. The quantitative estimate of drug-likeness (QED) is 0.866. The lowest BCUT2D eigenvalue weighted by Crippen LogP contribution is -2.06. The van der Waals surface area contributed by atoms with E-state index in [9.17, 15) is 4.39 Å². The van der Waals surface area contributed by atoms with Crippen molar-refractivity contribution in [3.05, 3.63) is 34.4 Å². The molecule has 0 unspecified atom stereocenters. The first-order valence-electron chi connectivity index (χ1n) is 5.54. The number of aromatic amines is 1. The van der Waals surface area contributed by atoms with E-state index < -0.39 is 0 Å². The summed E-state index contributed by atoms with van der Waals surface area (Å²) < 4.78 is 20.7. The molecule has 0 amide bonds. The van der Waals surface area contributed by atoms with Crippen molar-refractivity contribution in [1.29, 1.82) is 0 Å². The molecule has 0 saturated carbocycles. The Bertz CT molecular complexity index is 606. The van der Waals surface area contributed by atoms with E-state index in [1.54, 1.807) is 26.2 Å². The van der Waals surface area contributed by atoms with Gasteiger partial charge in [-0.15, -0.1) is 0 Å². The summed E-state index contributed by atoms with van der Waals surface area (Å²) in [5.41, 5.74) is 1.41. The predicted octanol–water partition coefficient (Wildman–Crippen LogP) is 2.70. The third-order valence-corrected chi connectivity index (χ3v) is 3.01. The Morgan fingerprint density at radius 2 is 2.28 bits per heavy atom. The van der Waals surface area contributed by atoms with Gasteiger partial charge in [0.2, 0.25) is 0 Å². The van der Waals surface area contributed by atoms with Gasteiger partial charge in [0.15, 0.2) is 10.6 Å². The minimum absolute atomic E-state index is 0.226. The molecular weight excluding hydrogens is 253 g/mol. The lowest BCUT2D eigenvalue weighted by Gasteiger charge is -2.07. The summed E-state index contributed by atoms with van der Waals surface area (Å²) in [6.07, 6.45) is 0. The van der Waals surface area contributed by atoms with Crippen LogP contribution in [-0.2, 0) is 11.3 Å². The topological polar surface area (TPSA) is 42.8 Å². The van der Waals surface area contributed by atoms with Crippen LogP contribution in [0, 0.1) is 17.5 Å². The van der Waals surface area contributed by atoms with Crippen LogP contribution in [-0.4, -0.2) is 28.5 Å². The molecule has 0 bridgehead atoms. The van der Waals surface area contributed by atoms with Crippen LogP contribution in [0.2, 0.25) is 0 Å². The van der Waals surface area contributed by atoms with Crippen LogP contribution in [0.1, 0.15) is 5.56 Å². The molecule has 0 aliphatic carbocycles. The van der Waals surface area contributed by atoms with E-state index in [0.717, 1.165) is 5.56 Å². The Hall–Kier alpha value is -1.53. The fourth-order valence-corrected chi connectivity index (χ4v) is 1.94. The zero-order chi connectivity index (χ0) is 13.1. The highest BCUT2D eigenvalue weighted by Gasteiger charge is 2.09. The fourth-order valence-electron chi connectivity index (χ4n) is 1.71. The number of H-pyrrole nitrogens is 1. The van der Waals surface area contributed by atoms with Crippen LogP contribution in [0.5, 0.6) is 0 Å². The average molecular weight is 267 g/mol. The molecule has 2 aromatic rings. The number of hydrogen-bond donors (Lipinski definition) is 1. The summed E-state index contributed by atoms with van der Waals surface area (Å²) in [5, 5.41) is 6.92. The van der Waals surface area contributed by atoms with Gasteiger partial charge in [0.1, 0.15) is 5.82 Å². The molecule has 0 atom stereocenters. The SMILES string of the molecule is COCCn1c(-c2ccc(F)c(C)c2)n[nH]c1=S. The third kappa shape index (κ3) is 2.49. The molecule has 1 heterocycles. The maximum Gasteiger partial charge on any atom is 0.195 e. The summed E-state index contributed by atoms with van der Waals surface area (Å²) in [4.78, 5) is 0. The molecule has 0 radical (unpaired) electrons. The van der Waals surface area contributed by atoms with Gasteiger partial charge in [-0.3, -0.25) is 9.67 Å². The van der Waals surface area contributed by atoms with Gasteiger partial charge in [-0.05, 0) is 42.9 Å². The molecule has 1 aromatic carbocycles.